The summed E-state index contributed by atoms with van der Waals surface area (Å²) in [6, 6.07) is 14.8. The third-order valence-corrected chi connectivity index (χ3v) is 8.10. The standard InChI is InChI=1S/C32H38N6O5/c1-2-28-5-3-4-14-38(28)21-23-6-8-24(9-7-23)30(39)35-26-12-13-29(34-20-26)43-32(42)37-17-15-36(16-18-37)22-27-11-10-25(19-33-27)31(40)41/h6-13,19-20,28H,2-5,14-18,21-22H2,1H3,(H,35,39)(H,40,41). The van der Waals surface area contributed by atoms with Crippen molar-refractivity contribution in [1.29, 1.82) is 0 Å². The zero-order valence-electron chi connectivity index (χ0n) is 24.4. The molecule has 43 heavy (non-hydrogen) atoms. The number of aromatic carboxylic acids is 1. The number of carbonyl (C=O) groups is 3. The predicted molar refractivity (Wildman–Crippen MR) is 161 cm³/mol. The van der Waals surface area contributed by atoms with Gasteiger partial charge in [0.25, 0.3) is 5.91 Å². The maximum Gasteiger partial charge on any atom is 0.416 e. The van der Waals surface area contributed by atoms with Gasteiger partial charge in [0.2, 0.25) is 5.88 Å². The minimum Gasteiger partial charge on any atom is -0.478 e. The van der Waals surface area contributed by atoms with E-state index in [2.05, 4.69) is 32.0 Å². The van der Waals surface area contributed by atoms with Crippen LogP contribution in [0.25, 0.3) is 0 Å². The summed E-state index contributed by atoms with van der Waals surface area (Å²) in [4.78, 5) is 51.2. The Morgan fingerprint density at radius 3 is 2.30 bits per heavy atom. The van der Waals surface area contributed by atoms with E-state index in [0.717, 1.165) is 25.2 Å². The molecule has 5 rings (SSSR count). The van der Waals surface area contributed by atoms with Crippen LogP contribution < -0.4 is 10.1 Å². The van der Waals surface area contributed by atoms with Crippen LogP contribution in [0.1, 0.15) is 64.6 Å². The van der Waals surface area contributed by atoms with E-state index in [1.165, 1.54) is 43.3 Å². The Hall–Kier alpha value is -4.35. The first-order chi connectivity index (χ1) is 20.9. The number of rotatable bonds is 9. The number of benzene rings is 1. The van der Waals surface area contributed by atoms with Crippen LogP contribution in [-0.2, 0) is 13.1 Å². The molecule has 11 heteroatoms. The molecular formula is C32H38N6O5. The topological polar surface area (TPSA) is 128 Å². The molecule has 2 saturated heterocycles. The van der Waals surface area contributed by atoms with E-state index >= 15 is 0 Å². The zero-order valence-corrected chi connectivity index (χ0v) is 24.4. The summed E-state index contributed by atoms with van der Waals surface area (Å²) in [5.74, 6) is -1.08. The first kappa shape index (κ1) is 30.1. The molecule has 2 N–H and O–H groups in total. The van der Waals surface area contributed by atoms with Gasteiger partial charge in [-0.05, 0) is 61.7 Å². The molecule has 0 aliphatic carbocycles. The molecule has 1 atom stereocenters. The Kier molecular flexibility index (Phi) is 9.96. The number of hydrogen-bond donors (Lipinski definition) is 2. The number of hydrogen-bond acceptors (Lipinski definition) is 8. The molecule has 226 valence electrons. The monoisotopic (exact) mass is 586 g/mol. The largest absolute Gasteiger partial charge is 0.478 e. The number of carbonyl (C=O) groups excluding carboxylic acids is 2. The van der Waals surface area contributed by atoms with Crippen molar-refractivity contribution in [3.63, 3.8) is 0 Å². The number of ether oxygens (including phenoxy) is 1. The SMILES string of the molecule is CCC1CCCCN1Cc1ccc(C(=O)Nc2ccc(OC(=O)N3CCN(Cc4ccc(C(=O)O)cn4)CC3)nc2)cc1. The van der Waals surface area contributed by atoms with Crippen molar-refractivity contribution < 1.29 is 24.2 Å². The molecule has 2 aliphatic rings. The first-order valence-electron chi connectivity index (χ1n) is 14.9. The normalized spacial score (nSPS) is 17.8. The van der Waals surface area contributed by atoms with Crippen LogP contribution >= 0.6 is 0 Å². The lowest BCUT2D eigenvalue weighted by Gasteiger charge is -2.35. The molecule has 0 bridgehead atoms. The molecule has 3 aromatic rings. The number of piperidine rings is 1. The maximum absolute atomic E-state index is 12.8. The first-order valence-corrected chi connectivity index (χ1v) is 14.9. The van der Waals surface area contributed by atoms with E-state index in [9.17, 15) is 14.4 Å². The number of carboxylic acid groups (broad SMARTS) is 1. The van der Waals surface area contributed by atoms with Gasteiger partial charge in [0.15, 0.2) is 0 Å². The maximum atomic E-state index is 12.8. The second-order valence-electron chi connectivity index (χ2n) is 11.0. The number of likely N-dealkylation sites (tertiary alicyclic amines) is 1. The Morgan fingerprint density at radius 2 is 1.65 bits per heavy atom. The molecule has 4 heterocycles. The van der Waals surface area contributed by atoms with Crippen molar-refractivity contribution in [3.8, 4) is 5.88 Å². The van der Waals surface area contributed by atoms with Crippen molar-refractivity contribution in [2.45, 2.75) is 51.7 Å². The van der Waals surface area contributed by atoms with Crippen LogP contribution in [0.5, 0.6) is 5.88 Å². The van der Waals surface area contributed by atoms with Gasteiger partial charge in [-0.25, -0.2) is 14.6 Å². The third kappa shape index (κ3) is 8.14. The van der Waals surface area contributed by atoms with Crippen LogP contribution in [0.15, 0.2) is 60.9 Å². The highest BCUT2D eigenvalue weighted by Gasteiger charge is 2.24. The number of pyridine rings is 2. The highest BCUT2D eigenvalue weighted by Crippen LogP contribution is 2.22. The number of anilines is 1. The summed E-state index contributed by atoms with van der Waals surface area (Å²) in [6.07, 6.45) is 7.31. The number of carboxylic acids is 1. The van der Waals surface area contributed by atoms with E-state index in [-0.39, 0.29) is 17.4 Å². The Labute approximate surface area is 251 Å². The summed E-state index contributed by atoms with van der Waals surface area (Å²) in [7, 11) is 0. The fraction of sp³-hybridized carbons (Fsp3) is 0.406. The molecule has 11 nitrogen and oxygen atoms in total. The van der Waals surface area contributed by atoms with Crippen molar-refractivity contribution in [2.24, 2.45) is 0 Å². The Bertz CT molecular complexity index is 1390. The predicted octanol–water partition coefficient (Wildman–Crippen LogP) is 4.51. The molecular weight excluding hydrogens is 548 g/mol. The summed E-state index contributed by atoms with van der Waals surface area (Å²) >= 11 is 0. The summed E-state index contributed by atoms with van der Waals surface area (Å²) in [6.45, 7) is 7.08. The molecule has 2 aromatic heterocycles. The number of amides is 2. The minimum atomic E-state index is -1.01. The van der Waals surface area contributed by atoms with Crippen molar-refractivity contribution in [1.82, 2.24) is 24.7 Å². The Morgan fingerprint density at radius 1 is 0.884 bits per heavy atom. The molecule has 2 fully saturated rings. The lowest BCUT2D eigenvalue weighted by Crippen LogP contribution is -2.49. The van der Waals surface area contributed by atoms with Gasteiger partial charge in [0.1, 0.15) is 0 Å². The van der Waals surface area contributed by atoms with E-state index in [1.807, 2.05) is 24.3 Å². The number of nitrogens with one attached hydrogen (secondary N) is 1. The van der Waals surface area contributed by atoms with E-state index < -0.39 is 12.1 Å². The highest BCUT2D eigenvalue weighted by atomic mass is 16.6. The summed E-state index contributed by atoms with van der Waals surface area (Å²) < 4.78 is 5.45. The molecule has 2 aliphatic heterocycles. The summed E-state index contributed by atoms with van der Waals surface area (Å²) in [5, 5.41) is 11.9. The molecule has 0 saturated carbocycles. The van der Waals surface area contributed by atoms with E-state index in [4.69, 9.17) is 9.84 Å². The van der Waals surface area contributed by atoms with Gasteiger partial charge in [-0.1, -0.05) is 25.5 Å². The molecule has 1 unspecified atom stereocenters. The molecule has 2 amide bonds. The second-order valence-corrected chi connectivity index (χ2v) is 11.0. The van der Waals surface area contributed by atoms with Gasteiger partial charge >= 0.3 is 12.1 Å². The summed E-state index contributed by atoms with van der Waals surface area (Å²) in [5.41, 5.74) is 3.20. The average Bonchev–Trinajstić information content (AvgIpc) is 3.03. The quantitative estimate of drug-likeness (QED) is 0.372. The lowest BCUT2D eigenvalue weighted by atomic mass is 9.99. The fourth-order valence-corrected chi connectivity index (χ4v) is 5.56. The number of nitrogens with zero attached hydrogens (tertiary/aromatic N) is 5. The molecule has 1 aromatic carbocycles. The van der Waals surface area contributed by atoms with E-state index in [1.54, 1.807) is 23.1 Å². The van der Waals surface area contributed by atoms with Gasteiger partial charge in [0, 0.05) is 63.1 Å². The van der Waals surface area contributed by atoms with Gasteiger partial charge in [-0.3, -0.25) is 19.6 Å². The number of piperazine rings is 1. The van der Waals surface area contributed by atoms with Crippen molar-refractivity contribution >= 4 is 23.7 Å². The third-order valence-electron chi connectivity index (χ3n) is 8.10. The van der Waals surface area contributed by atoms with Gasteiger partial charge < -0.3 is 20.1 Å². The van der Waals surface area contributed by atoms with Crippen LogP contribution in [0.4, 0.5) is 10.5 Å². The highest BCUT2D eigenvalue weighted by molar-refractivity contribution is 6.04. The van der Waals surface area contributed by atoms with Crippen LogP contribution in [0.3, 0.4) is 0 Å². The Balaban J connectivity index is 1.06. The van der Waals surface area contributed by atoms with Gasteiger partial charge in [-0.15, -0.1) is 0 Å². The zero-order chi connectivity index (χ0) is 30.2. The van der Waals surface area contributed by atoms with Crippen LogP contribution in [0.2, 0.25) is 0 Å². The van der Waals surface area contributed by atoms with E-state index in [0.29, 0.717) is 50.0 Å². The van der Waals surface area contributed by atoms with Crippen molar-refractivity contribution in [3.05, 3.63) is 83.3 Å². The number of aromatic nitrogens is 2. The average molecular weight is 587 g/mol. The molecule has 0 spiro atoms. The van der Waals surface area contributed by atoms with Crippen LogP contribution in [0, 0.1) is 0 Å². The minimum absolute atomic E-state index is 0.151. The van der Waals surface area contributed by atoms with Crippen LogP contribution in [-0.4, -0.2) is 86.5 Å². The molecule has 0 radical (unpaired) electrons. The van der Waals surface area contributed by atoms with Gasteiger partial charge in [-0.2, -0.15) is 0 Å². The second kappa shape index (κ2) is 14.2. The lowest BCUT2D eigenvalue weighted by molar-refractivity contribution is 0.0696. The van der Waals surface area contributed by atoms with Crippen molar-refractivity contribution in [2.75, 3.05) is 38.0 Å². The smallest absolute Gasteiger partial charge is 0.416 e. The fourth-order valence-electron chi connectivity index (χ4n) is 5.56. The van der Waals surface area contributed by atoms with Gasteiger partial charge in [0.05, 0.1) is 23.1 Å².